The summed E-state index contributed by atoms with van der Waals surface area (Å²) in [6.45, 7) is 0. The van der Waals surface area contributed by atoms with E-state index in [4.69, 9.17) is 4.74 Å². The zero-order valence-electron chi connectivity index (χ0n) is 23.3. The summed E-state index contributed by atoms with van der Waals surface area (Å²) >= 11 is 0. The Morgan fingerprint density at radius 1 is 0.349 bits per heavy atom. The Morgan fingerprint density at radius 3 is 1.74 bits per heavy atom. The monoisotopic (exact) mass is 550 g/mol. The second kappa shape index (κ2) is 9.37. The average Bonchev–Trinajstić information content (AvgIpc) is 3.59. The molecule has 0 bridgehead atoms. The Balaban J connectivity index is 1.41. The molecule has 43 heavy (non-hydrogen) atoms. The van der Waals surface area contributed by atoms with Gasteiger partial charge in [-0.1, -0.05) is 97.1 Å². The second-order valence-electron chi connectivity index (χ2n) is 11.0. The third kappa shape index (κ3) is 3.62. The lowest BCUT2D eigenvalue weighted by molar-refractivity contribution is 0.482. The minimum atomic E-state index is 0.811. The molecule has 0 aliphatic rings. The third-order valence-corrected chi connectivity index (χ3v) is 8.54. The molecule has 0 saturated heterocycles. The predicted octanol–water partition coefficient (Wildman–Crippen LogP) is 10.8. The van der Waals surface area contributed by atoms with E-state index >= 15 is 0 Å². The summed E-state index contributed by atoms with van der Waals surface area (Å²) in [6.07, 6.45) is 0. The molecular weight excluding hydrogens is 524 g/mol. The quantitative estimate of drug-likeness (QED) is 0.213. The molecule has 0 unspecified atom stereocenters. The zero-order chi connectivity index (χ0) is 28.3. The van der Waals surface area contributed by atoms with Crippen molar-refractivity contribution in [3.63, 3.8) is 0 Å². The number of nitrogens with zero attached hydrogens (tertiary/aromatic N) is 2. The highest BCUT2D eigenvalue weighted by Gasteiger charge is 2.22. The van der Waals surface area contributed by atoms with Gasteiger partial charge in [-0.2, -0.15) is 0 Å². The average molecular weight is 551 g/mol. The van der Waals surface area contributed by atoms with E-state index in [0.717, 1.165) is 22.9 Å². The van der Waals surface area contributed by atoms with Crippen molar-refractivity contribution in [2.24, 2.45) is 0 Å². The van der Waals surface area contributed by atoms with Gasteiger partial charge in [0.25, 0.3) is 0 Å². The summed E-state index contributed by atoms with van der Waals surface area (Å²) in [5.41, 5.74) is 7.02. The van der Waals surface area contributed by atoms with Crippen molar-refractivity contribution >= 4 is 54.4 Å². The molecule has 0 fully saturated rings. The summed E-state index contributed by atoms with van der Waals surface area (Å²) in [5, 5.41) is 7.51. The highest BCUT2D eigenvalue weighted by molar-refractivity contribution is 6.28. The molecule has 0 spiro atoms. The summed E-state index contributed by atoms with van der Waals surface area (Å²) in [4.78, 5) is 0. The Kier molecular flexibility index (Phi) is 5.20. The molecule has 7 aromatic carbocycles. The normalized spacial score (nSPS) is 11.7. The van der Waals surface area contributed by atoms with Gasteiger partial charge in [-0.25, -0.2) is 0 Å². The molecule has 202 valence electrons. The molecule has 2 aromatic heterocycles. The van der Waals surface area contributed by atoms with Crippen LogP contribution in [0.1, 0.15) is 0 Å². The number of fused-ring (bicyclic) bond motifs is 9. The molecule has 0 aliphatic heterocycles. The van der Waals surface area contributed by atoms with E-state index in [1.54, 1.807) is 0 Å². The van der Waals surface area contributed by atoms with Crippen LogP contribution in [0, 0.1) is 0 Å². The van der Waals surface area contributed by atoms with Crippen LogP contribution in [0.25, 0.3) is 65.8 Å². The minimum Gasteiger partial charge on any atom is -0.457 e. The molecule has 9 aromatic rings. The summed E-state index contributed by atoms with van der Waals surface area (Å²) in [7, 11) is 0. The number of ether oxygens (including phenoxy) is 1. The Bertz CT molecular complexity index is 2450. The highest BCUT2D eigenvalue weighted by atomic mass is 16.5. The van der Waals surface area contributed by atoms with Gasteiger partial charge >= 0.3 is 0 Å². The SMILES string of the molecule is c1ccc(Oc2ccc(-n3c4ccccc4c4ccc5c6c7ccccc7ccc6n(-c6ccccc6)c5c43)cc2)cc1. The molecular formula is C40H26N2O. The largest absolute Gasteiger partial charge is 0.457 e. The van der Waals surface area contributed by atoms with Gasteiger partial charge in [0.15, 0.2) is 0 Å². The molecule has 0 N–H and O–H groups in total. The van der Waals surface area contributed by atoms with E-state index in [9.17, 15) is 0 Å². The van der Waals surface area contributed by atoms with Gasteiger partial charge in [0.1, 0.15) is 11.5 Å². The van der Waals surface area contributed by atoms with Gasteiger partial charge < -0.3 is 13.9 Å². The molecule has 3 nitrogen and oxygen atoms in total. The van der Waals surface area contributed by atoms with Crippen LogP contribution in [0.4, 0.5) is 0 Å². The Labute approximate surface area is 248 Å². The van der Waals surface area contributed by atoms with E-state index in [1.165, 1.54) is 54.4 Å². The maximum atomic E-state index is 6.14. The lowest BCUT2D eigenvalue weighted by atomic mass is 10.0. The number of hydrogen-bond donors (Lipinski definition) is 0. The maximum absolute atomic E-state index is 6.14. The van der Waals surface area contributed by atoms with Crippen LogP contribution in [0.3, 0.4) is 0 Å². The Hall–Kier alpha value is -5.80. The Morgan fingerprint density at radius 2 is 0.930 bits per heavy atom. The number of aromatic nitrogens is 2. The molecule has 9 rings (SSSR count). The number of rotatable bonds is 4. The van der Waals surface area contributed by atoms with Crippen molar-refractivity contribution in [3.8, 4) is 22.9 Å². The van der Waals surface area contributed by atoms with Crippen LogP contribution in [0.5, 0.6) is 11.5 Å². The summed E-state index contributed by atoms with van der Waals surface area (Å²) in [5.74, 6) is 1.64. The van der Waals surface area contributed by atoms with Crippen molar-refractivity contribution in [2.75, 3.05) is 0 Å². The summed E-state index contributed by atoms with van der Waals surface area (Å²) < 4.78 is 11.0. The van der Waals surface area contributed by atoms with Crippen molar-refractivity contribution in [1.82, 2.24) is 9.13 Å². The number of benzene rings is 7. The lowest BCUT2D eigenvalue weighted by Crippen LogP contribution is -1.98. The van der Waals surface area contributed by atoms with Gasteiger partial charge in [-0.05, 0) is 71.4 Å². The molecule has 0 atom stereocenters. The predicted molar refractivity (Wildman–Crippen MR) is 179 cm³/mol. The smallest absolute Gasteiger partial charge is 0.127 e. The first kappa shape index (κ1) is 23.9. The standard InChI is InChI=1S/C40H26N2O/c1-3-12-28(13-4-1)42-37-26-19-27-11-7-8-16-32(27)38(37)35-25-24-34-33-17-9-10-18-36(33)41(39(34)40(35)42)29-20-22-31(23-21-29)43-30-14-5-2-6-15-30/h1-26H. The van der Waals surface area contributed by atoms with Crippen LogP contribution in [-0.4, -0.2) is 9.13 Å². The van der Waals surface area contributed by atoms with Crippen LogP contribution < -0.4 is 4.74 Å². The van der Waals surface area contributed by atoms with Gasteiger partial charge in [-0.3, -0.25) is 0 Å². The molecule has 0 radical (unpaired) electrons. The molecule has 0 saturated carbocycles. The minimum absolute atomic E-state index is 0.811. The number of hydrogen-bond acceptors (Lipinski definition) is 1. The van der Waals surface area contributed by atoms with E-state index < -0.39 is 0 Å². The van der Waals surface area contributed by atoms with Crippen molar-refractivity contribution in [1.29, 1.82) is 0 Å². The number of para-hydroxylation sites is 3. The third-order valence-electron chi connectivity index (χ3n) is 8.54. The van der Waals surface area contributed by atoms with Gasteiger partial charge in [0.2, 0.25) is 0 Å². The molecule has 3 heteroatoms. The van der Waals surface area contributed by atoms with Crippen molar-refractivity contribution in [2.45, 2.75) is 0 Å². The van der Waals surface area contributed by atoms with Gasteiger partial charge in [-0.15, -0.1) is 0 Å². The van der Waals surface area contributed by atoms with E-state index in [-0.39, 0.29) is 0 Å². The fraction of sp³-hybridized carbons (Fsp3) is 0. The maximum Gasteiger partial charge on any atom is 0.127 e. The first-order valence-corrected chi connectivity index (χ1v) is 14.6. The van der Waals surface area contributed by atoms with E-state index in [2.05, 4.69) is 137 Å². The lowest BCUT2D eigenvalue weighted by Gasteiger charge is -2.13. The van der Waals surface area contributed by atoms with Crippen molar-refractivity contribution in [3.05, 3.63) is 158 Å². The molecule has 2 heterocycles. The first-order valence-electron chi connectivity index (χ1n) is 14.6. The zero-order valence-corrected chi connectivity index (χ0v) is 23.3. The van der Waals surface area contributed by atoms with E-state index in [1.807, 2.05) is 30.3 Å². The molecule has 0 amide bonds. The van der Waals surface area contributed by atoms with Crippen LogP contribution in [0.15, 0.2) is 158 Å². The van der Waals surface area contributed by atoms with Crippen LogP contribution >= 0.6 is 0 Å². The van der Waals surface area contributed by atoms with E-state index in [0.29, 0.717) is 0 Å². The fourth-order valence-electron chi connectivity index (χ4n) is 6.72. The topological polar surface area (TPSA) is 19.1 Å². The van der Waals surface area contributed by atoms with Gasteiger partial charge in [0.05, 0.1) is 22.1 Å². The van der Waals surface area contributed by atoms with Crippen LogP contribution in [-0.2, 0) is 0 Å². The van der Waals surface area contributed by atoms with Crippen LogP contribution in [0.2, 0.25) is 0 Å². The highest BCUT2D eigenvalue weighted by Crippen LogP contribution is 2.43. The van der Waals surface area contributed by atoms with Crippen molar-refractivity contribution < 1.29 is 4.74 Å². The first-order chi connectivity index (χ1) is 21.3. The van der Waals surface area contributed by atoms with Gasteiger partial charge in [0, 0.05) is 32.9 Å². The summed E-state index contributed by atoms with van der Waals surface area (Å²) in [6, 6.07) is 55.7. The second-order valence-corrected chi connectivity index (χ2v) is 11.0. The molecule has 0 aliphatic carbocycles. The fourth-order valence-corrected chi connectivity index (χ4v) is 6.72.